The third kappa shape index (κ3) is 1.99. The molecule has 0 spiro atoms. The third-order valence-corrected chi connectivity index (χ3v) is 3.84. The summed E-state index contributed by atoms with van der Waals surface area (Å²) in [7, 11) is 0. The average molecular weight is 287 g/mol. The van der Waals surface area contributed by atoms with Crippen LogP contribution in [0.5, 0.6) is 11.5 Å². The Morgan fingerprint density at radius 2 is 2.20 bits per heavy atom. The molecule has 7 nitrogen and oxygen atoms in total. The third-order valence-electron chi connectivity index (χ3n) is 2.90. The molecule has 100 valence electrons. The lowest BCUT2D eigenvalue weighted by molar-refractivity contribution is 0.174. The first-order valence-electron chi connectivity index (χ1n) is 5.95. The summed E-state index contributed by atoms with van der Waals surface area (Å²) in [6, 6.07) is 5.82. The largest absolute Gasteiger partial charge is 0.454 e. The van der Waals surface area contributed by atoms with Crippen molar-refractivity contribution >= 4 is 11.3 Å². The molecule has 1 aliphatic rings. The number of fused-ring (bicyclic) bond motifs is 1. The molecule has 20 heavy (non-hydrogen) atoms. The molecule has 1 aliphatic heterocycles. The number of nitrogens with zero attached hydrogens (tertiary/aromatic N) is 4. The van der Waals surface area contributed by atoms with Crippen molar-refractivity contribution in [2.45, 2.75) is 6.42 Å². The summed E-state index contributed by atoms with van der Waals surface area (Å²) in [4.78, 5) is 4.58. The van der Waals surface area contributed by atoms with Crippen molar-refractivity contribution < 1.29 is 9.47 Å². The molecule has 3 aromatic rings. The molecule has 2 aromatic heterocycles. The number of aromatic amines is 1. The van der Waals surface area contributed by atoms with Crippen LogP contribution in [0.3, 0.4) is 0 Å². The lowest BCUT2D eigenvalue weighted by atomic mass is 10.2. The molecule has 0 radical (unpaired) electrons. The van der Waals surface area contributed by atoms with Crippen molar-refractivity contribution in [1.82, 2.24) is 25.6 Å². The van der Waals surface area contributed by atoms with Crippen LogP contribution in [-0.4, -0.2) is 32.4 Å². The quantitative estimate of drug-likeness (QED) is 0.788. The highest BCUT2D eigenvalue weighted by Gasteiger charge is 2.15. The van der Waals surface area contributed by atoms with Gasteiger partial charge in [-0.25, -0.2) is 4.98 Å². The highest BCUT2D eigenvalue weighted by Crippen LogP contribution is 2.36. The van der Waals surface area contributed by atoms with Gasteiger partial charge >= 0.3 is 0 Å². The second kappa shape index (κ2) is 4.57. The first-order chi connectivity index (χ1) is 9.88. The Hall–Kier alpha value is -2.48. The van der Waals surface area contributed by atoms with Crippen molar-refractivity contribution in [2.75, 3.05) is 6.79 Å². The van der Waals surface area contributed by atoms with E-state index >= 15 is 0 Å². The van der Waals surface area contributed by atoms with Gasteiger partial charge in [0, 0.05) is 10.9 Å². The number of nitrogens with one attached hydrogen (secondary N) is 1. The summed E-state index contributed by atoms with van der Waals surface area (Å²) in [5, 5.41) is 16.7. The molecule has 0 amide bonds. The number of hydrogen-bond donors (Lipinski definition) is 1. The Morgan fingerprint density at radius 3 is 3.10 bits per heavy atom. The molecule has 3 heterocycles. The lowest BCUT2D eigenvalue weighted by Gasteiger charge is -1.99. The van der Waals surface area contributed by atoms with Gasteiger partial charge in [-0.3, -0.25) is 0 Å². The summed E-state index contributed by atoms with van der Waals surface area (Å²) in [5.74, 6) is 2.17. The first kappa shape index (κ1) is 11.4. The molecule has 4 rings (SSSR count). The standard InChI is InChI=1S/C12H9N5O2S/c1-2-9-10(19-6-18-9)3-7(1)12-13-8(5-20-12)4-11-14-16-17-15-11/h1-3,5H,4,6H2,(H,14,15,16,17). The zero-order chi connectivity index (χ0) is 13.4. The van der Waals surface area contributed by atoms with Crippen molar-refractivity contribution in [2.24, 2.45) is 0 Å². The smallest absolute Gasteiger partial charge is 0.231 e. The molecular weight excluding hydrogens is 278 g/mol. The Morgan fingerprint density at radius 1 is 1.25 bits per heavy atom. The Bertz CT molecular complexity index is 740. The number of rotatable bonds is 3. The van der Waals surface area contributed by atoms with E-state index in [4.69, 9.17) is 9.47 Å². The van der Waals surface area contributed by atoms with Crippen LogP contribution in [-0.2, 0) is 6.42 Å². The zero-order valence-electron chi connectivity index (χ0n) is 10.2. The van der Waals surface area contributed by atoms with E-state index in [1.807, 2.05) is 23.6 Å². The number of thiazole rings is 1. The Kier molecular flexibility index (Phi) is 2.59. The van der Waals surface area contributed by atoms with Gasteiger partial charge in [0.15, 0.2) is 17.3 Å². The van der Waals surface area contributed by atoms with Crippen LogP contribution in [0.25, 0.3) is 10.6 Å². The van der Waals surface area contributed by atoms with Crippen LogP contribution in [0.1, 0.15) is 11.5 Å². The number of ether oxygens (including phenoxy) is 2. The van der Waals surface area contributed by atoms with Crippen LogP contribution >= 0.6 is 11.3 Å². The monoisotopic (exact) mass is 287 g/mol. The van der Waals surface area contributed by atoms with Gasteiger partial charge < -0.3 is 9.47 Å². The summed E-state index contributed by atoms with van der Waals surface area (Å²) in [6.45, 7) is 0.278. The van der Waals surface area contributed by atoms with Crippen molar-refractivity contribution in [3.63, 3.8) is 0 Å². The number of tetrazole rings is 1. The second-order valence-corrected chi connectivity index (χ2v) is 5.07. The minimum Gasteiger partial charge on any atom is -0.454 e. The SMILES string of the molecule is c1cc2c(cc1-c1nc(Cc3nn[nH]n3)cs1)OCO2. The number of hydrogen-bond acceptors (Lipinski definition) is 7. The summed E-state index contributed by atoms with van der Waals surface area (Å²) >= 11 is 1.58. The molecule has 0 saturated carbocycles. The van der Waals surface area contributed by atoms with Crippen molar-refractivity contribution in [3.8, 4) is 22.1 Å². The summed E-state index contributed by atoms with van der Waals surface area (Å²) < 4.78 is 10.7. The van der Waals surface area contributed by atoms with E-state index < -0.39 is 0 Å². The molecule has 8 heteroatoms. The minimum absolute atomic E-state index is 0.278. The maximum Gasteiger partial charge on any atom is 0.231 e. The molecule has 1 N–H and O–H groups in total. The van der Waals surface area contributed by atoms with Gasteiger partial charge in [-0.05, 0) is 18.2 Å². The van der Waals surface area contributed by atoms with Gasteiger partial charge in [0.25, 0.3) is 0 Å². The molecule has 0 unspecified atom stereocenters. The Labute approximate surface area is 117 Å². The van der Waals surface area contributed by atoms with Gasteiger partial charge in [-0.1, -0.05) is 5.21 Å². The normalized spacial score (nSPS) is 12.8. The second-order valence-electron chi connectivity index (χ2n) is 4.22. The summed E-state index contributed by atoms with van der Waals surface area (Å²) in [6.07, 6.45) is 0.567. The van der Waals surface area contributed by atoms with Crippen molar-refractivity contribution in [3.05, 3.63) is 35.1 Å². The van der Waals surface area contributed by atoms with E-state index in [-0.39, 0.29) is 6.79 Å². The van der Waals surface area contributed by atoms with Gasteiger partial charge in [0.05, 0.1) is 12.1 Å². The molecule has 0 atom stereocenters. The van der Waals surface area contributed by atoms with Crippen LogP contribution in [0, 0.1) is 0 Å². The Balaban J connectivity index is 1.61. The minimum atomic E-state index is 0.278. The van der Waals surface area contributed by atoms with Gasteiger partial charge in [-0.2, -0.15) is 5.21 Å². The average Bonchev–Trinajstić information content (AvgIpc) is 3.19. The van der Waals surface area contributed by atoms with E-state index in [0.717, 1.165) is 27.8 Å². The van der Waals surface area contributed by atoms with Crippen LogP contribution in [0.2, 0.25) is 0 Å². The van der Waals surface area contributed by atoms with Crippen LogP contribution in [0.15, 0.2) is 23.6 Å². The zero-order valence-corrected chi connectivity index (χ0v) is 11.1. The van der Waals surface area contributed by atoms with Crippen molar-refractivity contribution in [1.29, 1.82) is 0 Å². The number of benzene rings is 1. The van der Waals surface area contributed by atoms with E-state index in [9.17, 15) is 0 Å². The van der Waals surface area contributed by atoms with Gasteiger partial charge in [-0.15, -0.1) is 21.5 Å². The topological polar surface area (TPSA) is 85.8 Å². The van der Waals surface area contributed by atoms with Gasteiger partial charge in [0.2, 0.25) is 6.79 Å². The first-order valence-corrected chi connectivity index (χ1v) is 6.83. The van der Waals surface area contributed by atoms with E-state index in [1.165, 1.54) is 0 Å². The summed E-state index contributed by atoms with van der Waals surface area (Å²) in [5.41, 5.74) is 1.93. The maximum atomic E-state index is 5.37. The predicted molar refractivity (Wildman–Crippen MR) is 70.7 cm³/mol. The van der Waals surface area contributed by atoms with Crippen LogP contribution in [0.4, 0.5) is 0 Å². The lowest BCUT2D eigenvalue weighted by Crippen LogP contribution is -1.92. The fourth-order valence-corrected chi connectivity index (χ4v) is 2.79. The fraction of sp³-hybridized carbons (Fsp3) is 0.167. The molecule has 0 aliphatic carbocycles. The maximum absolute atomic E-state index is 5.37. The van der Waals surface area contributed by atoms with E-state index in [0.29, 0.717) is 12.2 Å². The molecule has 0 saturated heterocycles. The number of aromatic nitrogens is 5. The molecule has 1 aromatic carbocycles. The van der Waals surface area contributed by atoms with E-state index in [1.54, 1.807) is 11.3 Å². The van der Waals surface area contributed by atoms with Crippen LogP contribution < -0.4 is 9.47 Å². The van der Waals surface area contributed by atoms with Gasteiger partial charge in [0.1, 0.15) is 5.01 Å². The molecule has 0 bridgehead atoms. The fourth-order valence-electron chi connectivity index (χ4n) is 1.97. The molecular formula is C12H9N5O2S. The highest BCUT2D eigenvalue weighted by molar-refractivity contribution is 7.13. The molecule has 0 fully saturated rings. The highest BCUT2D eigenvalue weighted by atomic mass is 32.1. The predicted octanol–water partition coefficient (Wildman–Crippen LogP) is 1.64. The number of H-pyrrole nitrogens is 1. The van der Waals surface area contributed by atoms with E-state index in [2.05, 4.69) is 25.6 Å².